The highest BCUT2D eigenvalue weighted by Gasteiger charge is 2.30. The van der Waals surface area contributed by atoms with Crippen LogP contribution in [0.1, 0.15) is 31.5 Å². The van der Waals surface area contributed by atoms with E-state index in [4.69, 9.17) is 4.74 Å². The number of rotatable bonds is 8. The summed E-state index contributed by atoms with van der Waals surface area (Å²) >= 11 is 1.32. The van der Waals surface area contributed by atoms with Crippen LogP contribution in [-0.4, -0.2) is 54.7 Å². The van der Waals surface area contributed by atoms with Crippen LogP contribution in [0, 0.1) is 5.92 Å². The topological polar surface area (TPSA) is 54.5 Å². The number of aromatic nitrogens is 1. The summed E-state index contributed by atoms with van der Waals surface area (Å²) in [6.07, 6.45) is -3.22. The third-order valence-electron chi connectivity index (χ3n) is 5.19. The van der Waals surface area contributed by atoms with Gasteiger partial charge in [0.25, 0.3) is 0 Å². The summed E-state index contributed by atoms with van der Waals surface area (Å²) in [6, 6.07) is 5.17. The number of morpholine rings is 1. The molecule has 5 nitrogen and oxygen atoms in total. The number of halogens is 3. The van der Waals surface area contributed by atoms with Crippen LogP contribution >= 0.6 is 11.3 Å². The molecule has 31 heavy (non-hydrogen) atoms. The second-order valence-electron chi connectivity index (χ2n) is 8.13. The van der Waals surface area contributed by atoms with Gasteiger partial charge in [0.2, 0.25) is 5.91 Å². The Balaban J connectivity index is 1.55. The Kier molecular flexibility index (Phi) is 8.07. The highest BCUT2D eigenvalue weighted by molar-refractivity contribution is 7.13. The van der Waals surface area contributed by atoms with Gasteiger partial charge in [-0.3, -0.25) is 9.69 Å². The van der Waals surface area contributed by atoms with Gasteiger partial charge in [0, 0.05) is 36.6 Å². The predicted molar refractivity (Wildman–Crippen MR) is 115 cm³/mol. The van der Waals surface area contributed by atoms with Crippen molar-refractivity contribution >= 4 is 17.2 Å². The molecule has 2 aromatic rings. The summed E-state index contributed by atoms with van der Waals surface area (Å²) in [5, 5.41) is 5.40. The Labute approximate surface area is 184 Å². The summed E-state index contributed by atoms with van der Waals surface area (Å²) in [5.74, 6) is 0.417. The second-order valence-corrected chi connectivity index (χ2v) is 8.99. The van der Waals surface area contributed by atoms with Crippen LogP contribution in [0.5, 0.6) is 0 Å². The lowest BCUT2D eigenvalue weighted by Crippen LogP contribution is -2.49. The van der Waals surface area contributed by atoms with Crippen LogP contribution in [0.25, 0.3) is 10.6 Å². The van der Waals surface area contributed by atoms with Crippen molar-refractivity contribution in [3.05, 3.63) is 40.9 Å². The number of amides is 1. The zero-order valence-corrected chi connectivity index (χ0v) is 18.6. The van der Waals surface area contributed by atoms with Crippen LogP contribution in [0.2, 0.25) is 0 Å². The third-order valence-corrected chi connectivity index (χ3v) is 6.13. The van der Waals surface area contributed by atoms with Crippen LogP contribution in [0.15, 0.2) is 29.6 Å². The Morgan fingerprint density at radius 2 is 1.90 bits per heavy atom. The van der Waals surface area contributed by atoms with E-state index < -0.39 is 11.7 Å². The van der Waals surface area contributed by atoms with E-state index in [9.17, 15) is 18.0 Å². The minimum Gasteiger partial charge on any atom is -0.379 e. The number of alkyl halides is 3. The number of nitrogens with one attached hydrogen (secondary N) is 1. The van der Waals surface area contributed by atoms with Crippen molar-refractivity contribution in [2.75, 3.05) is 32.8 Å². The van der Waals surface area contributed by atoms with E-state index in [1.54, 1.807) is 5.38 Å². The van der Waals surface area contributed by atoms with E-state index in [2.05, 4.69) is 29.0 Å². The fourth-order valence-corrected chi connectivity index (χ4v) is 4.46. The summed E-state index contributed by atoms with van der Waals surface area (Å²) in [4.78, 5) is 19.3. The quantitative estimate of drug-likeness (QED) is 0.647. The number of carbonyl (C=O) groups excluding carboxylic acids is 1. The van der Waals surface area contributed by atoms with Gasteiger partial charge in [-0.1, -0.05) is 26.0 Å². The van der Waals surface area contributed by atoms with Gasteiger partial charge in [-0.15, -0.1) is 11.3 Å². The average molecular weight is 456 g/mol. The van der Waals surface area contributed by atoms with Crippen molar-refractivity contribution < 1.29 is 22.7 Å². The predicted octanol–water partition coefficient (Wildman–Crippen LogP) is 4.23. The maximum atomic E-state index is 12.7. The lowest BCUT2D eigenvalue weighted by Gasteiger charge is -2.35. The van der Waals surface area contributed by atoms with Gasteiger partial charge in [-0.2, -0.15) is 13.2 Å². The molecule has 0 bridgehead atoms. The maximum absolute atomic E-state index is 12.7. The first-order valence-electron chi connectivity index (χ1n) is 10.4. The molecule has 1 atom stereocenters. The Morgan fingerprint density at radius 1 is 1.23 bits per heavy atom. The van der Waals surface area contributed by atoms with Crippen molar-refractivity contribution in [2.45, 2.75) is 38.9 Å². The Bertz CT molecular complexity index is 846. The molecule has 0 spiro atoms. The van der Waals surface area contributed by atoms with Crippen molar-refractivity contribution in [1.82, 2.24) is 15.2 Å². The first kappa shape index (κ1) is 23.7. The molecule has 1 aromatic carbocycles. The molecule has 1 aliphatic heterocycles. The minimum atomic E-state index is -4.36. The van der Waals surface area contributed by atoms with Crippen molar-refractivity contribution in [2.24, 2.45) is 5.92 Å². The summed E-state index contributed by atoms with van der Waals surface area (Å²) in [5.41, 5.74) is 0.529. The number of hydrogen-bond acceptors (Lipinski definition) is 5. The van der Waals surface area contributed by atoms with Gasteiger partial charge in [0.15, 0.2) is 0 Å². The Morgan fingerprint density at radius 3 is 2.52 bits per heavy atom. The zero-order valence-electron chi connectivity index (χ0n) is 17.7. The van der Waals surface area contributed by atoms with Gasteiger partial charge in [0.05, 0.1) is 30.9 Å². The molecular formula is C22H28F3N3O2S. The third kappa shape index (κ3) is 7.02. The first-order valence-corrected chi connectivity index (χ1v) is 11.3. The molecule has 0 aliphatic carbocycles. The van der Waals surface area contributed by atoms with E-state index in [1.807, 2.05) is 0 Å². The molecule has 1 aromatic heterocycles. The molecule has 1 amide bonds. The van der Waals surface area contributed by atoms with Gasteiger partial charge in [-0.05, 0) is 24.5 Å². The maximum Gasteiger partial charge on any atom is 0.416 e. The fourth-order valence-electron chi connectivity index (χ4n) is 3.63. The van der Waals surface area contributed by atoms with Gasteiger partial charge < -0.3 is 10.1 Å². The molecule has 2 heterocycles. The highest BCUT2D eigenvalue weighted by Crippen LogP contribution is 2.31. The molecular weight excluding hydrogens is 427 g/mol. The molecule has 3 rings (SSSR count). The molecule has 9 heteroatoms. The van der Waals surface area contributed by atoms with Gasteiger partial charge >= 0.3 is 6.18 Å². The van der Waals surface area contributed by atoms with Crippen molar-refractivity contribution in [1.29, 1.82) is 0 Å². The fraction of sp³-hybridized carbons (Fsp3) is 0.545. The molecule has 170 valence electrons. The van der Waals surface area contributed by atoms with E-state index in [0.717, 1.165) is 31.6 Å². The Hall–Kier alpha value is -1.97. The molecule has 1 unspecified atom stereocenters. The average Bonchev–Trinajstić information content (AvgIpc) is 3.19. The van der Waals surface area contributed by atoms with E-state index >= 15 is 0 Å². The van der Waals surface area contributed by atoms with Gasteiger partial charge in [-0.25, -0.2) is 4.98 Å². The second kappa shape index (κ2) is 10.6. The standard InChI is InChI=1S/C22H28F3N3O2S/c1-15(2)11-19(28-7-9-30-10-8-28)13-26-20(29)12-18-14-31-21(27-18)16-3-5-17(6-4-16)22(23,24)25/h3-6,14-15,19H,7-13H2,1-2H3,(H,26,29). The number of hydrogen-bond donors (Lipinski definition) is 1. The minimum absolute atomic E-state index is 0.105. The number of carbonyl (C=O) groups is 1. The van der Waals surface area contributed by atoms with Crippen LogP contribution in [0.3, 0.4) is 0 Å². The van der Waals surface area contributed by atoms with Crippen LogP contribution in [-0.2, 0) is 22.1 Å². The lowest BCUT2D eigenvalue weighted by molar-refractivity contribution is -0.137. The van der Waals surface area contributed by atoms with Crippen LogP contribution in [0.4, 0.5) is 13.2 Å². The lowest BCUT2D eigenvalue weighted by atomic mass is 10.0. The number of benzene rings is 1. The van der Waals surface area contributed by atoms with E-state index in [-0.39, 0.29) is 18.4 Å². The van der Waals surface area contributed by atoms with Gasteiger partial charge in [0.1, 0.15) is 5.01 Å². The highest BCUT2D eigenvalue weighted by atomic mass is 32.1. The molecule has 0 saturated carbocycles. The van der Waals surface area contributed by atoms with Crippen molar-refractivity contribution in [3.8, 4) is 10.6 Å². The molecule has 1 N–H and O–H groups in total. The smallest absolute Gasteiger partial charge is 0.379 e. The van der Waals surface area contributed by atoms with E-state index in [1.165, 1.54) is 23.5 Å². The summed E-state index contributed by atoms with van der Waals surface area (Å²) < 4.78 is 43.6. The van der Waals surface area contributed by atoms with E-state index in [0.29, 0.717) is 41.9 Å². The summed E-state index contributed by atoms with van der Waals surface area (Å²) in [6.45, 7) is 8.10. The molecule has 1 saturated heterocycles. The number of thiazole rings is 1. The molecule has 0 radical (unpaired) electrons. The number of nitrogens with zero attached hydrogens (tertiary/aromatic N) is 2. The first-order chi connectivity index (χ1) is 14.7. The summed E-state index contributed by atoms with van der Waals surface area (Å²) in [7, 11) is 0. The SMILES string of the molecule is CC(C)CC(CNC(=O)Cc1csc(-c2ccc(C(F)(F)F)cc2)n1)N1CCOCC1. The van der Waals surface area contributed by atoms with Crippen molar-refractivity contribution in [3.63, 3.8) is 0 Å². The normalized spacial score (nSPS) is 16.5. The van der Waals surface area contributed by atoms with Crippen LogP contribution < -0.4 is 5.32 Å². The molecule has 1 aliphatic rings. The number of ether oxygens (including phenoxy) is 1. The monoisotopic (exact) mass is 455 g/mol. The zero-order chi connectivity index (χ0) is 22.4. The molecule has 1 fully saturated rings. The largest absolute Gasteiger partial charge is 0.416 e.